The zero-order valence-corrected chi connectivity index (χ0v) is 10.4. The van der Waals surface area contributed by atoms with Gasteiger partial charge in [-0.15, -0.1) is 0 Å². The standard InChI is InChI=1S/C12H17N3O3/c1-9-3-2-4-14(7-9)10-5-11(16)15(13-6-10)8-12(17)18/h5-6,9H,2-4,7-8H2,1H3,(H,17,18). The highest BCUT2D eigenvalue weighted by Crippen LogP contribution is 2.20. The van der Waals surface area contributed by atoms with E-state index in [0.29, 0.717) is 5.92 Å². The van der Waals surface area contributed by atoms with Crippen molar-refractivity contribution >= 4 is 11.7 Å². The van der Waals surface area contributed by atoms with Crippen LogP contribution in [0.1, 0.15) is 19.8 Å². The summed E-state index contributed by atoms with van der Waals surface area (Å²) in [6.45, 7) is 3.64. The van der Waals surface area contributed by atoms with Crippen molar-refractivity contribution in [1.29, 1.82) is 0 Å². The lowest BCUT2D eigenvalue weighted by atomic mass is 10.00. The number of carboxylic acids is 1. The summed E-state index contributed by atoms with van der Waals surface area (Å²) in [4.78, 5) is 24.4. The van der Waals surface area contributed by atoms with Crippen LogP contribution < -0.4 is 10.5 Å². The first-order valence-corrected chi connectivity index (χ1v) is 6.10. The Kier molecular flexibility index (Phi) is 3.64. The van der Waals surface area contributed by atoms with Gasteiger partial charge < -0.3 is 10.0 Å². The predicted octanol–water partition coefficient (Wildman–Crippen LogP) is 0.564. The van der Waals surface area contributed by atoms with Gasteiger partial charge in [-0.1, -0.05) is 6.92 Å². The van der Waals surface area contributed by atoms with Crippen molar-refractivity contribution in [2.45, 2.75) is 26.3 Å². The Balaban J connectivity index is 2.18. The second-order valence-corrected chi connectivity index (χ2v) is 4.80. The lowest BCUT2D eigenvalue weighted by Gasteiger charge is -2.32. The molecule has 6 nitrogen and oxygen atoms in total. The van der Waals surface area contributed by atoms with E-state index in [4.69, 9.17) is 5.11 Å². The van der Waals surface area contributed by atoms with E-state index in [0.717, 1.165) is 29.9 Å². The summed E-state index contributed by atoms with van der Waals surface area (Å²) < 4.78 is 0.958. The lowest BCUT2D eigenvalue weighted by Crippen LogP contribution is -2.36. The zero-order chi connectivity index (χ0) is 13.1. The highest BCUT2D eigenvalue weighted by molar-refractivity contribution is 5.66. The Morgan fingerprint density at radius 3 is 3.00 bits per heavy atom. The molecule has 0 aromatic carbocycles. The molecule has 18 heavy (non-hydrogen) atoms. The second kappa shape index (κ2) is 5.20. The maximum Gasteiger partial charge on any atom is 0.325 e. The highest BCUT2D eigenvalue weighted by Gasteiger charge is 2.17. The van der Waals surface area contributed by atoms with Crippen LogP contribution in [0.15, 0.2) is 17.1 Å². The number of aliphatic carboxylic acids is 1. The molecule has 1 aromatic rings. The first-order valence-electron chi connectivity index (χ1n) is 6.10. The van der Waals surface area contributed by atoms with Crippen molar-refractivity contribution in [2.24, 2.45) is 5.92 Å². The number of carboxylic acid groups (broad SMARTS) is 1. The molecule has 1 atom stereocenters. The number of carbonyl (C=O) groups is 1. The van der Waals surface area contributed by atoms with Gasteiger partial charge in [0.25, 0.3) is 5.56 Å². The molecule has 1 aliphatic rings. The highest BCUT2D eigenvalue weighted by atomic mass is 16.4. The minimum Gasteiger partial charge on any atom is -0.480 e. The number of nitrogens with zero attached hydrogens (tertiary/aromatic N) is 3. The van der Waals surface area contributed by atoms with Crippen LogP contribution in [0.4, 0.5) is 5.69 Å². The normalized spacial score (nSPS) is 19.8. The van der Waals surface area contributed by atoms with E-state index >= 15 is 0 Å². The number of hydrogen-bond acceptors (Lipinski definition) is 4. The van der Waals surface area contributed by atoms with Crippen LogP contribution >= 0.6 is 0 Å². The zero-order valence-electron chi connectivity index (χ0n) is 10.4. The molecule has 1 N–H and O–H groups in total. The van der Waals surface area contributed by atoms with E-state index in [1.54, 1.807) is 6.20 Å². The summed E-state index contributed by atoms with van der Waals surface area (Å²) in [6, 6.07) is 1.47. The van der Waals surface area contributed by atoms with Crippen LogP contribution in [0.5, 0.6) is 0 Å². The Hall–Kier alpha value is -1.85. The molecule has 1 saturated heterocycles. The van der Waals surface area contributed by atoms with Crippen LogP contribution in [0, 0.1) is 5.92 Å². The van der Waals surface area contributed by atoms with Crippen molar-refractivity contribution in [2.75, 3.05) is 18.0 Å². The maximum absolute atomic E-state index is 11.7. The quantitative estimate of drug-likeness (QED) is 0.849. The molecule has 0 saturated carbocycles. The summed E-state index contributed by atoms with van der Waals surface area (Å²) in [7, 11) is 0. The van der Waals surface area contributed by atoms with E-state index in [-0.39, 0.29) is 5.56 Å². The number of piperidine rings is 1. The molecule has 2 heterocycles. The Morgan fingerprint density at radius 1 is 1.61 bits per heavy atom. The third-order valence-corrected chi connectivity index (χ3v) is 3.16. The molecule has 1 unspecified atom stereocenters. The van der Waals surface area contributed by atoms with Crippen LogP contribution in [-0.2, 0) is 11.3 Å². The van der Waals surface area contributed by atoms with Gasteiger partial charge in [0.2, 0.25) is 0 Å². The van der Waals surface area contributed by atoms with Crippen LogP contribution in [0.2, 0.25) is 0 Å². The van der Waals surface area contributed by atoms with E-state index in [2.05, 4.69) is 16.9 Å². The van der Waals surface area contributed by atoms with Crippen molar-refractivity contribution in [3.63, 3.8) is 0 Å². The van der Waals surface area contributed by atoms with Gasteiger partial charge in [-0.25, -0.2) is 4.68 Å². The van der Waals surface area contributed by atoms with Gasteiger partial charge in [0.1, 0.15) is 6.54 Å². The minimum absolute atomic E-state index is 0.367. The Labute approximate surface area is 105 Å². The van der Waals surface area contributed by atoms with Crippen molar-refractivity contribution in [3.8, 4) is 0 Å². The summed E-state index contributed by atoms with van der Waals surface area (Å²) in [5.74, 6) is -0.454. The molecular formula is C12H17N3O3. The molecule has 0 bridgehead atoms. The second-order valence-electron chi connectivity index (χ2n) is 4.80. The topological polar surface area (TPSA) is 75.4 Å². The lowest BCUT2D eigenvalue weighted by molar-refractivity contribution is -0.138. The monoisotopic (exact) mass is 251 g/mol. The molecule has 0 spiro atoms. The average Bonchev–Trinajstić information content (AvgIpc) is 2.31. The molecule has 2 rings (SSSR count). The fraction of sp³-hybridized carbons (Fsp3) is 0.583. The van der Waals surface area contributed by atoms with Crippen LogP contribution in [0.3, 0.4) is 0 Å². The molecule has 1 aromatic heterocycles. The van der Waals surface area contributed by atoms with E-state index < -0.39 is 12.5 Å². The van der Waals surface area contributed by atoms with Gasteiger partial charge in [0, 0.05) is 19.2 Å². The molecule has 0 radical (unpaired) electrons. The SMILES string of the molecule is CC1CCCN(c2cnn(CC(=O)O)c(=O)c2)C1. The third kappa shape index (κ3) is 2.88. The van der Waals surface area contributed by atoms with Gasteiger partial charge in [-0.2, -0.15) is 5.10 Å². The fourth-order valence-corrected chi connectivity index (χ4v) is 2.27. The third-order valence-electron chi connectivity index (χ3n) is 3.16. The first kappa shape index (κ1) is 12.6. The molecule has 98 valence electrons. The summed E-state index contributed by atoms with van der Waals surface area (Å²) in [5.41, 5.74) is 0.418. The largest absolute Gasteiger partial charge is 0.480 e. The number of aromatic nitrogens is 2. The molecular weight excluding hydrogens is 234 g/mol. The van der Waals surface area contributed by atoms with E-state index in [1.165, 1.54) is 12.5 Å². The van der Waals surface area contributed by atoms with Crippen molar-refractivity contribution in [1.82, 2.24) is 9.78 Å². The van der Waals surface area contributed by atoms with Gasteiger partial charge in [-0.05, 0) is 18.8 Å². The minimum atomic E-state index is -1.07. The van der Waals surface area contributed by atoms with Gasteiger partial charge in [0.05, 0.1) is 11.9 Å². The predicted molar refractivity (Wildman–Crippen MR) is 66.7 cm³/mol. The van der Waals surface area contributed by atoms with Crippen LogP contribution in [-0.4, -0.2) is 33.9 Å². The van der Waals surface area contributed by atoms with E-state index in [9.17, 15) is 9.59 Å². The fourth-order valence-electron chi connectivity index (χ4n) is 2.27. The summed E-state index contributed by atoms with van der Waals surface area (Å²) >= 11 is 0. The Bertz CT molecular complexity index is 498. The van der Waals surface area contributed by atoms with Crippen LogP contribution in [0.25, 0.3) is 0 Å². The van der Waals surface area contributed by atoms with Crippen molar-refractivity contribution in [3.05, 3.63) is 22.6 Å². The molecule has 1 aliphatic heterocycles. The smallest absolute Gasteiger partial charge is 0.325 e. The van der Waals surface area contributed by atoms with Crippen molar-refractivity contribution < 1.29 is 9.90 Å². The van der Waals surface area contributed by atoms with Gasteiger partial charge >= 0.3 is 5.97 Å². The number of rotatable bonds is 3. The number of anilines is 1. The summed E-state index contributed by atoms with van der Waals surface area (Å²) in [5, 5.41) is 12.5. The molecule has 0 amide bonds. The Morgan fingerprint density at radius 2 is 2.39 bits per heavy atom. The summed E-state index contributed by atoms with van der Waals surface area (Å²) in [6.07, 6.45) is 3.89. The maximum atomic E-state index is 11.7. The number of hydrogen-bond donors (Lipinski definition) is 1. The molecule has 6 heteroatoms. The molecule has 1 fully saturated rings. The van der Waals surface area contributed by atoms with E-state index in [1.807, 2.05) is 0 Å². The van der Waals surface area contributed by atoms with Gasteiger partial charge in [-0.3, -0.25) is 9.59 Å². The first-order chi connectivity index (χ1) is 8.56. The van der Waals surface area contributed by atoms with Gasteiger partial charge in [0.15, 0.2) is 0 Å². The average molecular weight is 251 g/mol. The molecule has 0 aliphatic carbocycles.